The minimum atomic E-state index is -0.892. The van der Waals surface area contributed by atoms with Crippen LogP contribution in [0.4, 0.5) is 4.39 Å². The number of benzene rings is 2. The van der Waals surface area contributed by atoms with Crippen molar-refractivity contribution in [3.8, 4) is 0 Å². The highest BCUT2D eigenvalue weighted by molar-refractivity contribution is 6.31. The maximum atomic E-state index is 13.2. The summed E-state index contributed by atoms with van der Waals surface area (Å²) in [6.07, 6.45) is 1.60. The lowest BCUT2D eigenvalue weighted by atomic mass is 9.99. The van der Waals surface area contributed by atoms with Gasteiger partial charge in [-0.05, 0) is 48.1 Å². The van der Waals surface area contributed by atoms with Crippen LogP contribution in [0.5, 0.6) is 0 Å². The molecule has 1 nitrogen and oxygen atoms in total. The van der Waals surface area contributed by atoms with Crippen LogP contribution in [0, 0.1) is 5.82 Å². The van der Waals surface area contributed by atoms with Crippen LogP contribution < -0.4 is 0 Å². The predicted molar refractivity (Wildman–Crippen MR) is 73.9 cm³/mol. The predicted octanol–water partition coefficient (Wildman–Crippen LogP) is 4.44. The van der Waals surface area contributed by atoms with Crippen LogP contribution in [-0.4, -0.2) is 5.11 Å². The molecule has 0 aromatic heterocycles. The summed E-state index contributed by atoms with van der Waals surface area (Å²) in [6.45, 7) is 0. The van der Waals surface area contributed by atoms with E-state index in [2.05, 4.69) is 0 Å². The van der Waals surface area contributed by atoms with E-state index in [-0.39, 0.29) is 0 Å². The molecule has 0 bridgehead atoms. The summed E-state index contributed by atoms with van der Waals surface area (Å²) < 4.78 is 13.2. The molecule has 98 valence electrons. The minimum absolute atomic E-state index is 0.375. The molecule has 1 unspecified atom stereocenters. The lowest BCUT2D eigenvalue weighted by Gasteiger charge is -2.14. The SMILES string of the molecule is OC(c1ccc(C2CC2)cc1)c1cc(F)ccc1Cl. The van der Waals surface area contributed by atoms with Crippen LogP contribution in [-0.2, 0) is 0 Å². The number of hydrogen-bond acceptors (Lipinski definition) is 1. The molecule has 1 N–H and O–H groups in total. The third-order valence-corrected chi connectivity index (χ3v) is 3.90. The van der Waals surface area contributed by atoms with E-state index >= 15 is 0 Å². The fraction of sp³-hybridized carbons (Fsp3) is 0.250. The van der Waals surface area contributed by atoms with Gasteiger partial charge in [0.2, 0.25) is 0 Å². The van der Waals surface area contributed by atoms with E-state index in [4.69, 9.17) is 11.6 Å². The molecular formula is C16H14ClFO. The molecule has 3 rings (SSSR count). The molecule has 1 aliphatic rings. The Kier molecular flexibility index (Phi) is 3.29. The van der Waals surface area contributed by atoms with E-state index in [1.165, 1.54) is 36.6 Å². The molecule has 3 heteroatoms. The monoisotopic (exact) mass is 276 g/mol. The zero-order valence-electron chi connectivity index (χ0n) is 10.3. The fourth-order valence-electron chi connectivity index (χ4n) is 2.27. The highest BCUT2D eigenvalue weighted by atomic mass is 35.5. The topological polar surface area (TPSA) is 20.2 Å². The quantitative estimate of drug-likeness (QED) is 0.879. The number of hydrogen-bond donors (Lipinski definition) is 1. The Labute approximate surface area is 116 Å². The van der Waals surface area contributed by atoms with E-state index in [1.807, 2.05) is 24.3 Å². The lowest BCUT2D eigenvalue weighted by molar-refractivity contribution is 0.220. The Morgan fingerprint density at radius 1 is 1.11 bits per heavy atom. The molecule has 2 aromatic carbocycles. The van der Waals surface area contributed by atoms with Crippen molar-refractivity contribution in [2.45, 2.75) is 24.9 Å². The molecule has 0 amide bonds. The Hall–Kier alpha value is -1.38. The summed E-state index contributed by atoms with van der Waals surface area (Å²) in [4.78, 5) is 0. The van der Waals surface area contributed by atoms with E-state index in [9.17, 15) is 9.50 Å². The van der Waals surface area contributed by atoms with Crippen molar-refractivity contribution in [2.75, 3.05) is 0 Å². The van der Waals surface area contributed by atoms with Gasteiger partial charge in [-0.1, -0.05) is 35.9 Å². The third-order valence-electron chi connectivity index (χ3n) is 3.55. The van der Waals surface area contributed by atoms with Gasteiger partial charge >= 0.3 is 0 Å². The average Bonchev–Trinajstić information content (AvgIpc) is 3.25. The van der Waals surface area contributed by atoms with Gasteiger partial charge in [-0.15, -0.1) is 0 Å². The maximum absolute atomic E-state index is 13.2. The molecule has 0 saturated heterocycles. The molecule has 1 atom stereocenters. The third kappa shape index (κ3) is 2.65. The van der Waals surface area contributed by atoms with Gasteiger partial charge in [-0.2, -0.15) is 0 Å². The van der Waals surface area contributed by atoms with Gasteiger partial charge in [0.05, 0.1) is 0 Å². The molecule has 19 heavy (non-hydrogen) atoms. The summed E-state index contributed by atoms with van der Waals surface area (Å²) >= 11 is 6.01. The van der Waals surface area contributed by atoms with Crippen molar-refractivity contribution in [1.82, 2.24) is 0 Å². The molecule has 1 aliphatic carbocycles. The zero-order chi connectivity index (χ0) is 13.4. The van der Waals surface area contributed by atoms with Gasteiger partial charge < -0.3 is 5.11 Å². The van der Waals surface area contributed by atoms with Crippen molar-refractivity contribution in [2.24, 2.45) is 0 Å². The second-order valence-corrected chi connectivity index (χ2v) is 5.42. The normalized spacial score (nSPS) is 16.4. The molecule has 1 fully saturated rings. The lowest BCUT2D eigenvalue weighted by Crippen LogP contribution is -2.01. The molecule has 0 heterocycles. The molecular weight excluding hydrogens is 263 g/mol. The molecule has 1 saturated carbocycles. The van der Waals surface area contributed by atoms with Crippen molar-refractivity contribution in [3.63, 3.8) is 0 Å². The first-order valence-corrected chi connectivity index (χ1v) is 6.76. The van der Waals surface area contributed by atoms with Gasteiger partial charge in [0, 0.05) is 10.6 Å². The number of aliphatic hydroxyl groups is 1. The molecule has 0 aliphatic heterocycles. The summed E-state index contributed by atoms with van der Waals surface area (Å²) in [5.74, 6) is 0.289. The molecule has 0 spiro atoms. The van der Waals surface area contributed by atoms with Crippen LogP contribution in [0.1, 0.15) is 41.6 Å². The highest BCUT2D eigenvalue weighted by Crippen LogP contribution is 2.40. The standard InChI is InChI=1S/C16H14ClFO/c17-15-8-7-13(18)9-14(15)16(19)12-5-3-11(4-6-12)10-1-2-10/h3-10,16,19H,1-2H2. The second kappa shape index (κ2) is 4.95. The van der Waals surface area contributed by atoms with Gasteiger partial charge in [-0.25, -0.2) is 4.39 Å². The number of rotatable bonds is 3. The fourth-order valence-corrected chi connectivity index (χ4v) is 2.49. The summed E-state index contributed by atoms with van der Waals surface area (Å²) in [6, 6.07) is 11.9. The summed E-state index contributed by atoms with van der Waals surface area (Å²) in [5.41, 5.74) is 2.44. The summed E-state index contributed by atoms with van der Waals surface area (Å²) in [5, 5.41) is 10.7. The van der Waals surface area contributed by atoms with E-state index in [0.717, 1.165) is 5.56 Å². The van der Waals surface area contributed by atoms with Crippen LogP contribution >= 0.6 is 11.6 Å². The van der Waals surface area contributed by atoms with E-state index in [1.54, 1.807) is 0 Å². The number of aliphatic hydroxyl groups excluding tert-OH is 1. The first-order valence-electron chi connectivity index (χ1n) is 6.38. The van der Waals surface area contributed by atoms with Gasteiger partial charge in [0.25, 0.3) is 0 Å². The largest absolute Gasteiger partial charge is 0.384 e. The maximum Gasteiger partial charge on any atom is 0.123 e. The van der Waals surface area contributed by atoms with E-state index in [0.29, 0.717) is 16.5 Å². The zero-order valence-corrected chi connectivity index (χ0v) is 11.1. The minimum Gasteiger partial charge on any atom is -0.384 e. The summed E-state index contributed by atoms with van der Waals surface area (Å²) in [7, 11) is 0. The van der Waals surface area contributed by atoms with Crippen molar-refractivity contribution < 1.29 is 9.50 Å². The van der Waals surface area contributed by atoms with Crippen LogP contribution in [0.25, 0.3) is 0 Å². The molecule has 2 aromatic rings. The van der Waals surface area contributed by atoms with Crippen LogP contribution in [0.2, 0.25) is 5.02 Å². The highest BCUT2D eigenvalue weighted by Gasteiger charge is 2.23. The smallest absolute Gasteiger partial charge is 0.123 e. The first kappa shape index (κ1) is 12.6. The van der Waals surface area contributed by atoms with E-state index < -0.39 is 11.9 Å². The van der Waals surface area contributed by atoms with Gasteiger partial charge in [-0.3, -0.25) is 0 Å². The Morgan fingerprint density at radius 2 is 1.79 bits per heavy atom. The average molecular weight is 277 g/mol. The molecule has 0 radical (unpaired) electrons. The van der Waals surface area contributed by atoms with Gasteiger partial charge in [0.1, 0.15) is 11.9 Å². The Bertz CT molecular complexity index is 590. The van der Waals surface area contributed by atoms with Crippen molar-refractivity contribution in [1.29, 1.82) is 0 Å². The van der Waals surface area contributed by atoms with Crippen molar-refractivity contribution >= 4 is 11.6 Å². The number of halogens is 2. The Balaban J connectivity index is 1.89. The van der Waals surface area contributed by atoms with Gasteiger partial charge in [0.15, 0.2) is 0 Å². The Morgan fingerprint density at radius 3 is 2.42 bits per heavy atom. The second-order valence-electron chi connectivity index (χ2n) is 5.01. The first-order chi connectivity index (χ1) is 9.15. The van der Waals surface area contributed by atoms with Crippen molar-refractivity contribution in [3.05, 3.63) is 70.0 Å². The van der Waals surface area contributed by atoms with Crippen LogP contribution in [0.15, 0.2) is 42.5 Å². The van der Waals surface area contributed by atoms with Crippen LogP contribution in [0.3, 0.4) is 0 Å².